The zero-order chi connectivity index (χ0) is 23.2. The van der Waals surface area contributed by atoms with E-state index in [1.165, 1.54) is 17.9 Å². The fourth-order valence-electron chi connectivity index (χ4n) is 4.05. The lowest BCUT2D eigenvalue weighted by Gasteiger charge is -2.22. The van der Waals surface area contributed by atoms with Crippen molar-refractivity contribution in [2.24, 2.45) is 0 Å². The van der Waals surface area contributed by atoms with E-state index >= 15 is 0 Å². The molecule has 1 saturated heterocycles. The molecule has 11 nitrogen and oxygen atoms in total. The summed E-state index contributed by atoms with van der Waals surface area (Å²) in [5, 5.41) is 13.7. The Labute approximate surface area is 182 Å². The maximum atomic E-state index is 13.2. The summed E-state index contributed by atoms with van der Waals surface area (Å²) in [5.41, 5.74) is 1.48. The topological polar surface area (TPSA) is 143 Å². The van der Waals surface area contributed by atoms with E-state index in [2.05, 4.69) is 25.8 Å². The molecule has 11 heteroatoms. The zero-order valence-corrected chi connectivity index (χ0v) is 18.0. The number of aryl methyl sites for hydroxylation is 1. The molecule has 1 aliphatic rings. The lowest BCUT2D eigenvalue weighted by Crippen LogP contribution is -2.41. The van der Waals surface area contributed by atoms with Crippen LogP contribution in [0.25, 0.3) is 5.69 Å². The molecule has 3 heterocycles. The summed E-state index contributed by atoms with van der Waals surface area (Å²) in [5.74, 6) is -1.19. The predicted molar refractivity (Wildman–Crippen MR) is 111 cm³/mol. The molecule has 0 aliphatic carbocycles. The Balaban J connectivity index is 1.61. The van der Waals surface area contributed by atoms with Gasteiger partial charge in [0.15, 0.2) is 11.6 Å². The first-order valence-corrected chi connectivity index (χ1v) is 9.84. The number of nitrogens with zero attached hydrogens (tertiary/aromatic N) is 5. The number of imide groups is 1. The highest BCUT2D eigenvalue weighted by Gasteiger charge is 2.49. The Morgan fingerprint density at radius 2 is 1.94 bits per heavy atom. The summed E-state index contributed by atoms with van der Waals surface area (Å²) < 4.78 is 1.43. The molecule has 4 rings (SSSR count). The smallest absolute Gasteiger partial charge is 0.325 e. The van der Waals surface area contributed by atoms with E-state index in [4.69, 9.17) is 0 Å². The number of carbonyl (C=O) groups excluding carboxylic acids is 4. The van der Waals surface area contributed by atoms with Crippen LogP contribution in [-0.4, -0.2) is 60.1 Å². The van der Waals surface area contributed by atoms with Gasteiger partial charge in [-0.25, -0.2) is 9.48 Å². The average molecular weight is 435 g/mol. The number of Topliss-reactive ketones (excluding diaryl/α,β-unsaturated/α-hetero) is 2. The molecule has 3 aromatic rings. The first-order chi connectivity index (χ1) is 15.1. The standard InChI is InChI=1S/C21H21N7O4/c1-11-17(13(3)29)12(2)23-18(11)16(30)9-27-19(31)21(4,24-20(27)32)14-6-5-7-15(8-14)28-10-22-25-26-28/h5-8,10,23H,9H2,1-4H3,(H,24,32). The van der Waals surface area contributed by atoms with E-state index in [0.717, 1.165) is 4.90 Å². The van der Waals surface area contributed by atoms with Crippen molar-refractivity contribution in [2.45, 2.75) is 33.2 Å². The molecule has 0 saturated carbocycles. The third kappa shape index (κ3) is 3.27. The molecule has 32 heavy (non-hydrogen) atoms. The number of ketones is 2. The molecule has 1 atom stereocenters. The molecular weight excluding hydrogens is 414 g/mol. The van der Waals surface area contributed by atoms with Crippen molar-refractivity contribution in [3.8, 4) is 5.69 Å². The number of hydrogen-bond acceptors (Lipinski definition) is 7. The normalized spacial score (nSPS) is 18.2. The van der Waals surface area contributed by atoms with Crippen molar-refractivity contribution < 1.29 is 19.2 Å². The van der Waals surface area contributed by atoms with Crippen molar-refractivity contribution in [1.29, 1.82) is 0 Å². The molecule has 3 amide bonds. The van der Waals surface area contributed by atoms with Crippen molar-refractivity contribution in [3.05, 3.63) is 58.7 Å². The predicted octanol–water partition coefficient (Wildman–Crippen LogP) is 1.46. The molecule has 1 unspecified atom stereocenters. The van der Waals surface area contributed by atoms with E-state index in [9.17, 15) is 19.2 Å². The minimum Gasteiger partial charge on any atom is -0.355 e. The summed E-state index contributed by atoms with van der Waals surface area (Å²) in [4.78, 5) is 54.5. The largest absolute Gasteiger partial charge is 0.355 e. The molecule has 0 spiro atoms. The van der Waals surface area contributed by atoms with Crippen LogP contribution in [0.3, 0.4) is 0 Å². The van der Waals surface area contributed by atoms with Gasteiger partial charge in [-0.15, -0.1) is 5.10 Å². The number of carbonyl (C=O) groups is 4. The monoisotopic (exact) mass is 435 g/mol. The highest BCUT2D eigenvalue weighted by molar-refractivity contribution is 6.12. The lowest BCUT2D eigenvalue weighted by molar-refractivity contribution is -0.130. The summed E-state index contributed by atoms with van der Waals surface area (Å²) >= 11 is 0. The van der Waals surface area contributed by atoms with E-state index < -0.39 is 29.8 Å². The van der Waals surface area contributed by atoms with Gasteiger partial charge in [0.05, 0.1) is 17.9 Å². The van der Waals surface area contributed by atoms with E-state index in [0.29, 0.717) is 28.1 Å². The van der Waals surface area contributed by atoms with Gasteiger partial charge in [0, 0.05) is 11.3 Å². The van der Waals surface area contributed by atoms with E-state index in [1.807, 2.05) is 0 Å². The second-order valence-electron chi connectivity index (χ2n) is 7.86. The van der Waals surface area contributed by atoms with Gasteiger partial charge in [0.25, 0.3) is 5.91 Å². The zero-order valence-electron chi connectivity index (χ0n) is 18.0. The van der Waals surface area contributed by atoms with E-state index in [-0.39, 0.29) is 11.5 Å². The highest BCUT2D eigenvalue weighted by Crippen LogP contribution is 2.30. The SMILES string of the molecule is CC(=O)c1c(C)[nH]c(C(=O)CN2C(=O)NC(C)(c3cccc(-n4cnnn4)c3)C2=O)c1C. The number of hydrogen-bond donors (Lipinski definition) is 2. The molecule has 2 aromatic heterocycles. The lowest BCUT2D eigenvalue weighted by atomic mass is 9.91. The Bertz CT molecular complexity index is 1260. The number of benzene rings is 1. The van der Waals surface area contributed by atoms with Crippen molar-refractivity contribution in [2.75, 3.05) is 6.54 Å². The van der Waals surface area contributed by atoms with Crippen LogP contribution in [0.4, 0.5) is 4.79 Å². The average Bonchev–Trinajstić information content (AvgIpc) is 3.43. The molecule has 1 aromatic carbocycles. The molecule has 0 bridgehead atoms. The fourth-order valence-corrected chi connectivity index (χ4v) is 4.05. The second-order valence-corrected chi connectivity index (χ2v) is 7.86. The van der Waals surface area contributed by atoms with E-state index in [1.54, 1.807) is 45.0 Å². The number of nitrogens with one attached hydrogen (secondary N) is 2. The molecule has 0 radical (unpaired) electrons. The highest BCUT2D eigenvalue weighted by atomic mass is 16.2. The molecule has 2 N–H and O–H groups in total. The Hall–Kier alpha value is -4.15. The molecular formula is C21H21N7O4. The summed E-state index contributed by atoms with van der Waals surface area (Å²) in [6, 6.07) is 6.20. The van der Waals surface area contributed by atoms with Gasteiger partial charge in [-0.2, -0.15) is 0 Å². The second kappa shape index (κ2) is 7.52. The number of aromatic nitrogens is 5. The fraction of sp³-hybridized carbons (Fsp3) is 0.286. The summed E-state index contributed by atoms with van der Waals surface area (Å²) in [6.45, 7) is 5.90. The quantitative estimate of drug-likeness (QED) is 0.441. The number of H-pyrrole nitrogens is 1. The Kier molecular flexibility index (Phi) is 4.96. The maximum absolute atomic E-state index is 13.2. The number of aromatic amines is 1. The van der Waals surface area contributed by atoms with Crippen LogP contribution in [0.5, 0.6) is 0 Å². The van der Waals surface area contributed by atoms with Crippen LogP contribution in [-0.2, 0) is 10.3 Å². The van der Waals surface area contributed by atoms with Crippen LogP contribution in [0.2, 0.25) is 0 Å². The third-order valence-corrected chi connectivity index (χ3v) is 5.68. The van der Waals surface area contributed by atoms with Crippen LogP contribution in [0, 0.1) is 13.8 Å². The van der Waals surface area contributed by atoms with Gasteiger partial charge < -0.3 is 10.3 Å². The Morgan fingerprint density at radius 1 is 1.19 bits per heavy atom. The molecule has 1 aliphatic heterocycles. The number of amides is 3. The summed E-state index contributed by atoms with van der Waals surface area (Å²) in [6.07, 6.45) is 1.41. The van der Waals surface area contributed by atoms with Crippen molar-refractivity contribution >= 4 is 23.5 Å². The number of rotatable bonds is 6. The minimum absolute atomic E-state index is 0.166. The first kappa shape index (κ1) is 21.1. The van der Waals surface area contributed by atoms with Crippen molar-refractivity contribution in [3.63, 3.8) is 0 Å². The third-order valence-electron chi connectivity index (χ3n) is 5.68. The maximum Gasteiger partial charge on any atom is 0.325 e. The van der Waals surface area contributed by atoms with Gasteiger partial charge in [-0.1, -0.05) is 12.1 Å². The van der Waals surface area contributed by atoms with Gasteiger partial charge in [-0.05, 0) is 61.4 Å². The van der Waals surface area contributed by atoms with Crippen LogP contribution in [0.1, 0.15) is 51.5 Å². The van der Waals surface area contributed by atoms with Gasteiger partial charge in [0.2, 0.25) is 0 Å². The Morgan fingerprint density at radius 3 is 2.56 bits per heavy atom. The number of urea groups is 1. The van der Waals surface area contributed by atoms with Gasteiger partial charge >= 0.3 is 6.03 Å². The first-order valence-electron chi connectivity index (χ1n) is 9.84. The minimum atomic E-state index is -1.37. The number of tetrazole rings is 1. The van der Waals surface area contributed by atoms with Crippen LogP contribution < -0.4 is 5.32 Å². The van der Waals surface area contributed by atoms with Gasteiger partial charge in [0.1, 0.15) is 11.9 Å². The molecule has 1 fully saturated rings. The van der Waals surface area contributed by atoms with Crippen molar-refractivity contribution in [1.82, 2.24) is 35.4 Å². The van der Waals surface area contributed by atoms with Crippen LogP contribution in [0.15, 0.2) is 30.6 Å². The van der Waals surface area contributed by atoms with Gasteiger partial charge in [-0.3, -0.25) is 19.3 Å². The molecule has 164 valence electrons. The summed E-state index contributed by atoms with van der Waals surface area (Å²) in [7, 11) is 0. The van der Waals surface area contributed by atoms with Crippen LogP contribution >= 0.6 is 0 Å².